The van der Waals surface area contributed by atoms with Crippen molar-refractivity contribution in [2.75, 3.05) is 11.5 Å². The minimum absolute atomic E-state index is 0. The van der Waals surface area contributed by atoms with E-state index in [1.54, 1.807) is 18.2 Å². The number of ether oxygens (including phenoxy) is 1. The van der Waals surface area contributed by atoms with Crippen LogP contribution < -0.4 is 9.64 Å². The minimum atomic E-state index is -0.452. The van der Waals surface area contributed by atoms with E-state index in [0.29, 0.717) is 17.9 Å². The first-order valence-corrected chi connectivity index (χ1v) is 11.5. The van der Waals surface area contributed by atoms with Crippen LogP contribution in [0.3, 0.4) is 0 Å². The molecule has 3 aromatic carbocycles. The van der Waals surface area contributed by atoms with Crippen LogP contribution >= 0.6 is 0 Å². The quantitative estimate of drug-likeness (QED) is 0.238. The summed E-state index contributed by atoms with van der Waals surface area (Å²) in [6.45, 7) is 7.90. The fourth-order valence-corrected chi connectivity index (χ4v) is 4.16. The molecule has 0 fully saturated rings. The number of fused-ring (bicyclic) bond motifs is 1. The molecule has 5 nitrogen and oxygen atoms in total. The number of allylic oxidation sites excluding steroid dienone is 2. The molecule has 1 heterocycles. The van der Waals surface area contributed by atoms with E-state index in [2.05, 4.69) is 67.3 Å². The second-order valence-electron chi connectivity index (χ2n) is 8.63. The van der Waals surface area contributed by atoms with Gasteiger partial charge in [0.15, 0.2) is 0 Å². The second kappa shape index (κ2) is 12.9. The predicted octanol–water partition coefficient (Wildman–Crippen LogP) is 6.87. The van der Waals surface area contributed by atoms with Gasteiger partial charge in [0, 0.05) is 46.3 Å². The third-order valence-electron chi connectivity index (χ3n) is 5.83. The predicted molar refractivity (Wildman–Crippen MR) is 141 cm³/mol. The first kappa shape index (κ1) is 27.9. The van der Waals surface area contributed by atoms with Crippen LogP contribution in [0, 0.1) is 10.8 Å². The number of hydrogen-bond acceptors (Lipinski definition) is 4. The van der Waals surface area contributed by atoms with Crippen molar-refractivity contribution in [3.63, 3.8) is 0 Å². The number of anilines is 1. The first-order chi connectivity index (χ1) is 16.4. The molecule has 185 valence electrons. The van der Waals surface area contributed by atoms with Crippen molar-refractivity contribution in [2.45, 2.75) is 39.2 Å². The maximum Gasteiger partial charge on any atom is 0.214 e. The summed E-state index contributed by atoms with van der Waals surface area (Å²) in [6.07, 6.45) is 4.22. The van der Waals surface area contributed by atoms with Gasteiger partial charge < -0.3 is 20.2 Å². The van der Waals surface area contributed by atoms with Gasteiger partial charge in [-0.25, -0.2) is 0 Å². The Kier molecular flexibility index (Phi) is 10.3. The molecule has 1 aliphatic heterocycles. The zero-order chi connectivity index (χ0) is 24.6. The summed E-state index contributed by atoms with van der Waals surface area (Å²) >= 11 is 0. The van der Waals surface area contributed by atoms with Crippen molar-refractivity contribution in [1.29, 1.82) is 10.8 Å². The summed E-state index contributed by atoms with van der Waals surface area (Å²) in [6, 6.07) is 26.0. The molecule has 4 rings (SSSR count). The molecule has 0 spiro atoms. The van der Waals surface area contributed by atoms with Crippen LogP contribution in [0.5, 0.6) is 5.75 Å². The van der Waals surface area contributed by atoms with Gasteiger partial charge in [-0.3, -0.25) is 5.41 Å². The maximum atomic E-state index is 9.01. The fraction of sp³-hybridized carbons (Fsp3) is 0.241. The Morgan fingerprint density at radius 1 is 0.971 bits per heavy atom. The van der Waals surface area contributed by atoms with Crippen LogP contribution in [0.1, 0.15) is 43.9 Å². The standard InChI is InChI=1S/C19H20N2.C10H13NO2.Co/c1-19(2)16-10-6-7-11-17(16)21(18(19)12-13-20)14-15-8-4-3-5-9-15;1-2-7-13-9-6-4-3-5-8(9)10(11)12;/h3-13,20H,14H2,1-2H3;3-6H,2,7H2,1H3,(H2,11,12);/b18-12-,20-13?;;. The molecule has 35 heavy (non-hydrogen) atoms. The second-order valence-corrected chi connectivity index (χ2v) is 8.63. The smallest absolute Gasteiger partial charge is 0.214 e. The van der Waals surface area contributed by atoms with E-state index in [-0.39, 0.29) is 22.2 Å². The number of nitrogens with one attached hydrogen (secondary N) is 2. The molecular formula is C29H33CoN3O2. The molecule has 1 aliphatic rings. The van der Waals surface area contributed by atoms with Crippen molar-refractivity contribution in [1.82, 2.24) is 0 Å². The molecule has 0 bridgehead atoms. The molecule has 1 radical (unpaired) electrons. The Hall–Kier alpha value is -3.35. The molecule has 0 unspecified atom stereocenters. The Bertz CT molecular complexity index is 1160. The maximum absolute atomic E-state index is 9.01. The summed E-state index contributed by atoms with van der Waals surface area (Å²) in [5.74, 6) is 0.114. The number of hydrogen-bond donors (Lipinski definition) is 3. The molecule has 0 aliphatic carbocycles. The first-order valence-electron chi connectivity index (χ1n) is 11.5. The van der Waals surface area contributed by atoms with Crippen LogP contribution in [0.2, 0.25) is 0 Å². The van der Waals surface area contributed by atoms with Gasteiger partial charge in [-0.1, -0.05) is 81.4 Å². The van der Waals surface area contributed by atoms with E-state index in [9.17, 15) is 0 Å². The fourth-order valence-electron chi connectivity index (χ4n) is 4.16. The number of nitrogens with zero attached hydrogens (tertiary/aromatic N) is 1. The Balaban J connectivity index is 0.000000268. The third-order valence-corrected chi connectivity index (χ3v) is 5.83. The van der Waals surface area contributed by atoms with Gasteiger partial charge in [-0.15, -0.1) is 0 Å². The summed E-state index contributed by atoms with van der Waals surface area (Å²) < 4.78 is 5.35. The van der Waals surface area contributed by atoms with Gasteiger partial charge in [-0.2, -0.15) is 0 Å². The van der Waals surface area contributed by atoms with Crippen molar-refractivity contribution in [3.8, 4) is 5.75 Å². The largest absolute Gasteiger partial charge is 0.493 e. The van der Waals surface area contributed by atoms with Crippen LogP contribution in [-0.4, -0.2) is 23.8 Å². The molecular weight excluding hydrogens is 481 g/mol. The van der Waals surface area contributed by atoms with Crippen molar-refractivity contribution in [2.24, 2.45) is 0 Å². The SMILES string of the molecule is CC1(C)/C(=C/C=N)N(Cc2ccccc2)c2ccccc21.CCCOc1ccccc1C(=N)O.[Co]. The minimum Gasteiger partial charge on any atom is -0.493 e. The molecule has 3 N–H and O–H groups in total. The van der Waals surface area contributed by atoms with Gasteiger partial charge in [0.1, 0.15) is 5.75 Å². The zero-order valence-corrected chi connectivity index (χ0v) is 21.5. The van der Waals surface area contributed by atoms with E-state index in [0.717, 1.165) is 13.0 Å². The average Bonchev–Trinajstić information content (AvgIpc) is 3.06. The van der Waals surface area contributed by atoms with Gasteiger partial charge in [0.2, 0.25) is 5.90 Å². The Morgan fingerprint density at radius 2 is 1.60 bits per heavy atom. The average molecular weight is 515 g/mol. The monoisotopic (exact) mass is 514 g/mol. The van der Waals surface area contributed by atoms with Crippen molar-refractivity contribution in [3.05, 3.63) is 107 Å². The summed E-state index contributed by atoms with van der Waals surface area (Å²) in [4.78, 5) is 2.33. The molecule has 0 amide bonds. The Morgan fingerprint density at radius 3 is 2.26 bits per heavy atom. The van der Waals surface area contributed by atoms with Crippen LogP contribution in [-0.2, 0) is 28.7 Å². The molecule has 6 heteroatoms. The van der Waals surface area contributed by atoms with Gasteiger partial charge in [-0.05, 0) is 41.8 Å². The molecule has 0 saturated heterocycles. The number of aliphatic hydroxyl groups excluding tert-OH is 1. The summed E-state index contributed by atoms with van der Waals surface area (Å²) in [5.41, 5.74) is 5.41. The Labute approximate surface area is 218 Å². The molecule has 3 aromatic rings. The molecule has 0 saturated carbocycles. The van der Waals surface area contributed by atoms with E-state index >= 15 is 0 Å². The van der Waals surface area contributed by atoms with Crippen LogP contribution in [0.15, 0.2) is 90.6 Å². The van der Waals surface area contributed by atoms with Crippen LogP contribution in [0.4, 0.5) is 5.69 Å². The van der Waals surface area contributed by atoms with E-state index in [4.69, 9.17) is 20.7 Å². The number of para-hydroxylation sites is 2. The molecule has 0 aromatic heterocycles. The summed E-state index contributed by atoms with van der Waals surface area (Å²) in [5, 5.41) is 23.6. The van der Waals surface area contributed by atoms with E-state index in [1.807, 2.05) is 25.1 Å². The summed E-state index contributed by atoms with van der Waals surface area (Å²) in [7, 11) is 0. The van der Waals surface area contributed by atoms with E-state index in [1.165, 1.54) is 28.7 Å². The van der Waals surface area contributed by atoms with Crippen molar-refractivity contribution < 1.29 is 26.6 Å². The zero-order valence-electron chi connectivity index (χ0n) is 20.4. The van der Waals surface area contributed by atoms with Crippen LogP contribution in [0.25, 0.3) is 0 Å². The third kappa shape index (κ3) is 6.62. The van der Waals surface area contributed by atoms with E-state index < -0.39 is 5.90 Å². The number of aliphatic hydroxyl groups is 1. The normalized spacial score (nSPS) is 14.3. The topological polar surface area (TPSA) is 80.4 Å². The number of benzene rings is 3. The van der Waals surface area contributed by atoms with Gasteiger partial charge >= 0.3 is 0 Å². The van der Waals surface area contributed by atoms with Crippen molar-refractivity contribution >= 4 is 17.8 Å². The number of rotatable bonds is 7. The molecule has 0 atom stereocenters. The van der Waals surface area contributed by atoms with Gasteiger partial charge in [0.05, 0.1) is 12.2 Å². The van der Waals surface area contributed by atoms with Gasteiger partial charge in [0.25, 0.3) is 0 Å².